The molecule has 154 valence electrons. The summed E-state index contributed by atoms with van der Waals surface area (Å²) in [4.78, 5) is 28.0. The van der Waals surface area contributed by atoms with Crippen LogP contribution in [0.1, 0.15) is 53.4 Å². The van der Waals surface area contributed by atoms with Crippen molar-refractivity contribution >= 4 is 23.6 Å². The van der Waals surface area contributed by atoms with E-state index in [2.05, 4.69) is 21.9 Å². The van der Waals surface area contributed by atoms with Gasteiger partial charge in [-0.05, 0) is 46.5 Å². The smallest absolute Gasteiger partial charge is 0.410 e. The summed E-state index contributed by atoms with van der Waals surface area (Å²) in [5.41, 5.74) is -0.605. The number of amides is 2. The Balaban J connectivity index is 1.63. The van der Waals surface area contributed by atoms with Crippen molar-refractivity contribution in [3.05, 3.63) is 18.8 Å². The van der Waals surface area contributed by atoms with Crippen LogP contribution in [0.15, 0.2) is 18.8 Å². The Labute approximate surface area is 166 Å². The van der Waals surface area contributed by atoms with Crippen molar-refractivity contribution in [1.29, 1.82) is 0 Å². The summed E-state index contributed by atoms with van der Waals surface area (Å²) in [5.74, 6) is 1.13. The minimum Gasteiger partial charge on any atom is -0.444 e. The molecule has 0 unspecified atom stereocenters. The number of anilines is 1. The molecule has 1 N–H and O–H groups in total. The number of carbonyl (C=O) groups is 2. The third-order valence-electron chi connectivity index (χ3n) is 5.43. The van der Waals surface area contributed by atoms with E-state index >= 15 is 0 Å². The van der Waals surface area contributed by atoms with Crippen LogP contribution in [0.3, 0.4) is 0 Å². The summed E-state index contributed by atoms with van der Waals surface area (Å²) in [6, 6.07) is 1.75. The molecule has 8 heteroatoms. The number of rotatable bonds is 3. The van der Waals surface area contributed by atoms with Gasteiger partial charge in [0.15, 0.2) is 5.82 Å². The molecule has 0 atom stereocenters. The second-order valence-corrected chi connectivity index (χ2v) is 8.69. The number of hydrogen-bond donors (Lipinski definition) is 1. The molecule has 2 aliphatic rings. The predicted molar refractivity (Wildman–Crippen MR) is 108 cm³/mol. The fourth-order valence-electron chi connectivity index (χ4n) is 4.10. The lowest BCUT2D eigenvalue weighted by Gasteiger charge is -2.45. The topological polar surface area (TPSA) is 79.7 Å². The molecule has 2 fully saturated rings. The van der Waals surface area contributed by atoms with Crippen LogP contribution in [0.25, 0.3) is 5.82 Å². The molecule has 2 saturated heterocycles. The molecule has 3 rings (SSSR count). The number of aromatic nitrogens is 2. The Bertz CT molecular complexity index is 756. The number of nitrogens with zero attached hydrogens (tertiary/aromatic N) is 4. The van der Waals surface area contributed by atoms with E-state index in [1.165, 1.54) is 6.92 Å². The molecule has 3 heterocycles. The van der Waals surface area contributed by atoms with E-state index in [0.29, 0.717) is 5.82 Å². The van der Waals surface area contributed by atoms with Crippen LogP contribution in [-0.2, 0) is 9.53 Å². The number of likely N-dealkylation sites (tertiary alicyclic amines) is 2. The summed E-state index contributed by atoms with van der Waals surface area (Å²) in [6.07, 6.45) is 5.38. The fourth-order valence-corrected chi connectivity index (χ4v) is 4.10. The SMILES string of the molecule is C=C(N1CCC2(CCCN2C(=O)OC(C)(C)C)CC1)n1ccc(NC(C)=O)n1. The lowest BCUT2D eigenvalue weighted by atomic mass is 9.85. The highest BCUT2D eigenvalue weighted by molar-refractivity contribution is 5.87. The van der Waals surface area contributed by atoms with Crippen molar-refractivity contribution in [2.75, 3.05) is 25.0 Å². The first-order chi connectivity index (χ1) is 13.1. The Morgan fingerprint density at radius 2 is 1.89 bits per heavy atom. The van der Waals surface area contributed by atoms with E-state index in [1.54, 1.807) is 16.9 Å². The molecular formula is C20H31N5O3. The van der Waals surface area contributed by atoms with Crippen molar-refractivity contribution in [3.8, 4) is 0 Å². The summed E-state index contributed by atoms with van der Waals surface area (Å²) >= 11 is 0. The lowest BCUT2D eigenvalue weighted by Crippen LogP contribution is -2.54. The molecule has 0 bridgehead atoms. The van der Waals surface area contributed by atoms with Gasteiger partial charge in [-0.15, -0.1) is 5.10 Å². The van der Waals surface area contributed by atoms with Gasteiger partial charge in [0.1, 0.15) is 11.4 Å². The van der Waals surface area contributed by atoms with Crippen molar-refractivity contribution in [2.24, 2.45) is 0 Å². The fraction of sp³-hybridized carbons (Fsp3) is 0.650. The quantitative estimate of drug-likeness (QED) is 0.859. The first-order valence-electron chi connectivity index (χ1n) is 9.88. The largest absolute Gasteiger partial charge is 0.444 e. The van der Waals surface area contributed by atoms with E-state index in [-0.39, 0.29) is 17.5 Å². The second kappa shape index (κ2) is 7.48. The number of ether oxygens (including phenoxy) is 1. The van der Waals surface area contributed by atoms with Gasteiger partial charge in [0.25, 0.3) is 0 Å². The second-order valence-electron chi connectivity index (χ2n) is 8.69. The van der Waals surface area contributed by atoms with Crippen LogP contribution in [-0.4, -0.2) is 62.4 Å². The highest BCUT2D eigenvalue weighted by Gasteiger charge is 2.47. The third-order valence-corrected chi connectivity index (χ3v) is 5.43. The maximum absolute atomic E-state index is 12.7. The van der Waals surface area contributed by atoms with Crippen LogP contribution >= 0.6 is 0 Å². The molecular weight excluding hydrogens is 358 g/mol. The number of nitrogens with one attached hydrogen (secondary N) is 1. The molecule has 0 saturated carbocycles. The number of piperidine rings is 1. The summed E-state index contributed by atoms with van der Waals surface area (Å²) in [7, 11) is 0. The lowest BCUT2D eigenvalue weighted by molar-refractivity contribution is -0.114. The highest BCUT2D eigenvalue weighted by Crippen LogP contribution is 2.40. The van der Waals surface area contributed by atoms with Crippen LogP contribution in [0.4, 0.5) is 10.6 Å². The van der Waals surface area contributed by atoms with Gasteiger partial charge >= 0.3 is 6.09 Å². The van der Waals surface area contributed by atoms with Crippen LogP contribution in [0, 0.1) is 0 Å². The van der Waals surface area contributed by atoms with Gasteiger partial charge in [0, 0.05) is 44.4 Å². The Kier molecular flexibility index (Phi) is 5.41. The average Bonchev–Trinajstić information content (AvgIpc) is 3.20. The molecule has 0 aliphatic carbocycles. The zero-order valence-electron chi connectivity index (χ0n) is 17.3. The summed E-state index contributed by atoms with van der Waals surface area (Å²) < 4.78 is 7.32. The van der Waals surface area contributed by atoms with E-state index in [0.717, 1.165) is 51.1 Å². The molecule has 1 aromatic heterocycles. The Morgan fingerprint density at radius 3 is 2.50 bits per heavy atom. The maximum Gasteiger partial charge on any atom is 0.410 e. The molecule has 2 amide bonds. The van der Waals surface area contributed by atoms with Gasteiger partial charge in [-0.1, -0.05) is 6.58 Å². The van der Waals surface area contributed by atoms with Gasteiger partial charge in [-0.3, -0.25) is 4.79 Å². The average molecular weight is 390 g/mol. The Hall–Kier alpha value is -2.51. The molecule has 28 heavy (non-hydrogen) atoms. The highest BCUT2D eigenvalue weighted by atomic mass is 16.6. The van der Waals surface area contributed by atoms with Gasteiger partial charge in [-0.25, -0.2) is 9.48 Å². The standard InChI is InChI=1S/C20H31N5O3/c1-15(26)21-17-7-12-25(22-17)16(2)23-13-9-20(10-14-23)8-6-11-24(20)18(27)28-19(3,4)5/h7,12H,2,6,8-11,13-14H2,1,3-5H3,(H,21,22,26). The zero-order chi connectivity index (χ0) is 20.5. The molecule has 1 spiro atoms. The van der Waals surface area contributed by atoms with Crippen LogP contribution < -0.4 is 5.32 Å². The van der Waals surface area contributed by atoms with Crippen molar-refractivity contribution < 1.29 is 14.3 Å². The minimum absolute atomic E-state index is 0.120. The monoisotopic (exact) mass is 389 g/mol. The molecule has 0 radical (unpaired) electrons. The van der Waals surface area contributed by atoms with Gasteiger partial charge in [0.05, 0.1) is 0 Å². The van der Waals surface area contributed by atoms with Crippen molar-refractivity contribution in [2.45, 2.75) is 64.5 Å². The molecule has 2 aliphatic heterocycles. The predicted octanol–water partition coefficient (Wildman–Crippen LogP) is 3.14. The first kappa shape index (κ1) is 20.2. The maximum atomic E-state index is 12.7. The van der Waals surface area contributed by atoms with Gasteiger partial charge < -0.3 is 19.9 Å². The van der Waals surface area contributed by atoms with Crippen LogP contribution in [0.2, 0.25) is 0 Å². The van der Waals surface area contributed by atoms with Gasteiger partial charge in [-0.2, -0.15) is 0 Å². The number of carbonyl (C=O) groups excluding carboxylic acids is 2. The van der Waals surface area contributed by atoms with Crippen LogP contribution in [0.5, 0.6) is 0 Å². The van der Waals surface area contributed by atoms with E-state index in [1.807, 2.05) is 25.7 Å². The Morgan fingerprint density at radius 1 is 1.21 bits per heavy atom. The zero-order valence-corrected chi connectivity index (χ0v) is 17.3. The van der Waals surface area contributed by atoms with Crippen molar-refractivity contribution in [3.63, 3.8) is 0 Å². The van der Waals surface area contributed by atoms with E-state index < -0.39 is 5.60 Å². The first-order valence-corrected chi connectivity index (χ1v) is 9.88. The van der Waals surface area contributed by atoms with E-state index in [4.69, 9.17) is 4.74 Å². The summed E-state index contributed by atoms with van der Waals surface area (Å²) in [5, 5.41) is 7.03. The van der Waals surface area contributed by atoms with E-state index in [9.17, 15) is 9.59 Å². The normalized spacial score (nSPS) is 19.0. The molecule has 1 aromatic rings. The van der Waals surface area contributed by atoms with Crippen molar-refractivity contribution in [1.82, 2.24) is 19.6 Å². The van der Waals surface area contributed by atoms with Gasteiger partial charge in [0.2, 0.25) is 5.91 Å². The number of hydrogen-bond acceptors (Lipinski definition) is 5. The third kappa shape index (κ3) is 4.31. The molecule has 8 nitrogen and oxygen atoms in total. The summed E-state index contributed by atoms with van der Waals surface area (Å²) in [6.45, 7) is 13.7. The minimum atomic E-state index is -0.485. The molecule has 0 aromatic carbocycles.